The van der Waals surface area contributed by atoms with Gasteiger partial charge in [-0.25, -0.2) is 0 Å². The van der Waals surface area contributed by atoms with Crippen molar-refractivity contribution in [3.8, 4) is 24.7 Å². The second-order valence-electron chi connectivity index (χ2n) is 4.74. The van der Waals surface area contributed by atoms with Gasteiger partial charge in [0.2, 0.25) is 0 Å². The van der Waals surface area contributed by atoms with Crippen LogP contribution in [0.25, 0.3) is 0 Å². The van der Waals surface area contributed by atoms with E-state index in [-0.39, 0.29) is 0 Å². The van der Waals surface area contributed by atoms with Crippen molar-refractivity contribution < 1.29 is 0 Å². The van der Waals surface area contributed by atoms with Crippen LogP contribution in [0, 0.1) is 24.7 Å². The molecule has 0 radical (unpaired) electrons. The molecule has 0 unspecified atom stereocenters. The van der Waals surface area contributed by atoms with Crippen molar-refractivity contribution in [1.29, 1.82) is 0 Å². The van der Waals surface area contributed by atoms with Crippen LogP contribution >= 0.6 is 0 Å². The van der Waals surface area contributed by atoms with Gasteiger partial charge in [-0.3, -0.25) is 0 Å². The first kappa shape index (κ1) is 15.2. The molecule has 1 heteroatoms. The molecule has 19 heavy (non-hydrogen) atoms. The van der Waals surface area contributed by atoms with Gasteiger partial charge in [0, 0.05) is 17.7 Å². The summed E-state index contributed by atoms with van der Waals surface area (Å²) in [7, 11) is 0. The Bertz CT molecular complexity index is 460. The highest BCUT2D eigenvalue weighted by Gasteiger charge is 2.00. The van der Waals surface area contributed by atoms with Crippen molar-refractivity contribution >= 4 is 5.69 Å². The highest BCUT2D eigenvalue weighted by molar-refractivity contribution is 5.61. The third-order valence-corrected chi connectivity index (χ3v) is 3.19. The van der Waals surface area contributed by atoms with Crippen LogP contribution in [0.2, 0.25) is 0 Å². The standard InChI is InChI=1S/C18H23N/c1-4-7-8-9-10-11-14-19-18-15-16(5-2)12-13-17(18)6-3/h2-3,12-13,15,19H,4,7-11,14H2,1H3. The van der Waals surface area contributed by atoms with E-state index in [1.54, 1.807) is 0 Å². The lowest BCUT2D eigenvalue weighted by atomic mass is 10.1. The number of terminal acetylenes is 2. The van der Waals surface area contributed by atoms with E-state index < -0.39 is 0 Å². The lowest BCUT2D eigenvalue weighted by molar-refractivity contribution is 0.617. The van der Waals surface area contributed by atoms with Gasteiger partial charge in [-0.2, -0.15) is 0 Å². The summed E-state index contributed by atoms with van der Waals surface area (Å²) >= 11 is 0. The lowest BCUT2D eigenvalue weighted by Crippen LogP contribution is -2.03. The van der Waals surface area contributed by atoms with Crippen LogP contribution in [-0.4, -0.2) is 6.54 Å². The van der Waals surface area contributed by atoms with E-state index in [9.17, 15) is 0 Å². The molecule has 0 saturated carbocycles. The molecular weight excluding hydrogens is 230 g/mol. The maximum absolute atomic E-state index is 5.49. The molecule has 1 aromatic rings. The molecule has 1 aromatic carbocycles. The topological polar surface area (TPSA) is 12.0 Å². The molecule has 0 amide bonds. The zero-order valence-electron chi connectivity index (χ0n) is 11.8. The molecule has 0 aliphatic rings. The minimum Gasteiger partial charge on any atom is -0.384 e. The van der Waals surface area contributed by atoms with E-state index in [1.165, 1.54) is 38.5 Å². The fourth-order valence-corrected chi connectivity index (χ4v) is 2.03. The number of rotatable bonds is 8. The van der Waals surface area contributed by atoms with Crippen LogP contribution < -0.4 is 5.32 Å². The summed E-state index contributed by atoms with van der Waals surface area (Å²) in [5.74, 6) is 5.32. The molecule has 0 saturated heterocycles. The molecule has 100 valence electrons. The van der Waals surface area contributed by atoms with Gasteiger partial charge in [-0.05, 0) is 24.6 Å². The predicted octanol–water partition coefficient (Wildman–Crippen LogP) is 4.42. The molecule has 1 rings (SSSR count). The van der Waals surface area contributed by atoms with Crippen molar-refractivity contribution in [1.82, 2.24) is 0 Å². The van der Waals surface area contributed by atoms with E-state index in [4.69, 9.17) is 12.8 Å². The minimum absolute atomic E-state index is 0.865. The lowest BCUT2D eigenvalue weighted by Gasteiger charge is -2.09. The summed E-state index contributed by atoms with van der Waals surface area (Å²) < 4.78 is 0. The molecule has 0 aliphatic heterocycles. The van der Waals surface area contributed by atoms with Gasteiger partial charge in [-0.1, -0.05) is 50.9 Å². The molecule has 1 nitrogen and oxygen atoms in total. The summed E-state index contributed by atoms with van der Waals surface area (Å²) in [5, 5.41) is 3.39. The largest absolute Gasteiger partial charge is 0.384 e. The fourth-order valence-electron chi connectivity index (χ4n) is 2.03. The molecule has 0 aliphatic carbocycles. The number of nitrogens with one attached hydrogen (secondary N) is 1. The Balaban J connectivity index is 2.36. The van der Waals surface area contributed by atoms with Crippen LogP contribution in [0.5, 0.6) is 0 Å². The van der Waals surface area contributed by atoms with Crippen molar-refractivity contribution in [2.45, 2.75) is 45.4 Å². The first-order valence-electron chi connectivity index (χ1n) is 7.13. The maximum Gasteiger partial charge on any atom is 0.0511 e. The molecule has 1 N–H and O–H groups in total. The Kier molecular flexibility index (Phi) is 7.30. The Morgan fingerprint density at radius 3 is 2.42 bits per heavy atom. The second kappa shape index (κ2) is 9.12. The molecule has 0 heterocycles. The van der Waals surface area contributed by atoms with Crippen LogP contribution in [0.4, 0.5) is 5.69 Å². The average Bonchev–Trinajstić information content (AvgIpc) is 2.46. The molecule has 0 bridgehead atoms. The molecule has 0 spiro atoms. The van der Waals surface area contributed by atoms with Gasteiger partial charge in [0.05, 0.1) is 5.69 Å². The normalized spacial score (nSPS) is 9.63. The SMILES string of the molecule is C#Cc1ccc(C#C)c(NCCCCCCCC)c1. The van der Waals surface area contributed by atoms with Gasteiger partial charge in [0.1, 0.15) is 0 Å². The number of hydrogen-bond acceptors (Lipinski definition) is 1. The first-order chi connectivity index (χ1) is 9.31. The predicted molar refractivity (Wildman–Crippen MR) is 84.2 cm³/mol. The zero-order chi connectivity index (χ0) is 13.9. The van der Waals surface area contributed by atoms with E-state index in [1.807, 2.05) is 18.2 Å². The van der Waals surface area contributed by atoms with Crippen molar-refractivity contribution in [3.05, 3.63) is 29.3 Å². The van der Waals surface area contributed by atoms with Crippen LogP contribution in [0.3, 0.4) is 0 Å². The summed E-state index contributed by atoms with van der Waals surface area (Å²) in [6.07, 6.45) is 18.6. The summed E-state index contributed by atoms with van der Waals surface area (Å²) in [4.78, 5) is 0. The quantitative estimate of drug-likeness (QED) is 0.534. The second-order valence-corrected chi connectivity index (χ2v) is 4.74. The summed E-state index contributed by atoms with van der Waals surface area (Å²) in [5.41, 5.74) is 2.72. The van der Waals surface area contributed by atoms with E-state index in [0.29, 0.717) is 0 Å². The molecule has 0 atom stereocenters. The number of benzene rings is 1. The van der Waals surface area contributed by atoms with Crippen LogP contribution in [0.1, 0.15) is 56.6 Å². The van der Waals surface area contributed by atoms with Gasteiger partial charge in [0.25, 0.3) is 0 Å². The van der Waals surface area contributed by atoms with Gasteiger partial charge >= 0.3 is 0 Å². The maximum atomic E-state index is 5.49. The Morgan fingerprint density at radius 2 is 1.74 bits per heavy atom. The highest BCUT2D eigenvalue weighted by Crippen LogP contribution is 2.17. The average molecular weight is 253 g/mol. The van der Waals surface area contributed by atoms with Gasteiger partial charge < -0.3 is 5.32 Å². The number of anilines is 1. The smallest absolute Gasteiger partial charge is 0.0511 e. The Morgan fingerprint density at radius 1 is 1.00 bits per heavy atom. The van der Waals surface area contributed by atoms with Crippen molar-refractivity contribution in [2.75, 3.05) is 11.9 Å². The highest BCUT2D eigenvalue weighted by atomic mass is 14.9. The van der Waals surface area contributed by atoms with Gasteiger partial charge in [-0.15, -0.1) is 12.8 Å². The molecular formula is C18H23N. The minimum atomic E-state index is 0.865. The van der Waals surface area contributed by atoms with Gasteiger partial charge in [0.15, 0.2) is 0 Å². The van der Waals surface area contributed by atoms with E-state index in [2.05, 4.69) is 24.1 Å². The number of unbranched alkanes of at least 4 members (excludes halogenated alkanes) is 5. The van der Waals surface area contributed by atoms with Crippen LogP contribution in [-0.2, 0) is 0 Å². The first-order valence-corrected chi connectivity index (χ1v) is 7.13. The van der Waals surface area contributed by atoms with E-state index >= 15 is 0 Å². The Hall–Kier alpha value is -1.86. The summed E-state index contributed by atoms with van der Waals surface area (Å²) in [6.45, 7) is 3.19. The third-order valence-electron chi connectivity index (χ3n) is 3.19. The monoisotopic (exact) mass is 253 g/mol. The van der Waals surface area contributed by atoms with Crippen molar-refractivity contribution in [2.24, 2.45) is 0 Å². The summed E-state index contributed by atoms with van der Waals surface area (Å²) in [6, 6.07) is 5.73. The molecule has 0 aromatic heterocycles. The fraction of sp³-hybridized carbons (Fsp3) is 0.444. The zero-order valence-corrected chi connectivity index (χ0v) is 11.8. The van der Waals surface area contributed by atoms with E-state index in [0.717, 1.165) is 23.4 Å². The third kappa shape index (κ3) is 5.54. The Labute approximate surface area is 117 Å². The van der Waals surface area contributed by atoms with Crippen molar-refractivity contribution in [3.63, 3.8) is 0 Å². The molecule has 0 fully saturated rings. The van der Waals surface area contributed by atoms with Crippen LogP contribution in [0.15, 0.2) is 18.2 Å². The number of hydrogen-bond donors (Lipinski definition) is 1.